The number of nitrogens with zero attached hydrogens (tertiary/aromatic N) is 3. The van der Waals surface area contributed by atoms with E-state index < -0.39 is 0 Å². The third kappa shape index (κ3) is 5.03. The molecule has 0 saturated heterocycles. The summed E-state index contributed by atoms with van der Waals surface area (Å²) in [4.78, 5) is 15.1. The lowest BCUT2D eigenvalue weighted by atomic mass is 9.97. The van der Waals surface area contributed by atoms with Crippen LogP contribution in [0.2, 0.25) is 0 Å². The Bertz CT molecular complexity index is 1600. The number of rotatable bonds is 7. The predicted octanol–water partition coefficient (Wildman–Crippen LogP) is 7.61. The second-order valence-corrected chi connectivity index (χ2v) is 10.3. The third-order valence-electron chi connectivity index (χ3n) is 7.57. The molecule has 0 N–H and O–H groups in total. The van der Waals surface area contributed by atoms with Gasteiger partial charge in [0.1, 0.15) is 29.2 Å². The number of ether oxygens (including phenoxy) is 3. The summed E-state index contributed by atoms with van der Waals surface area (Å²) in [5.41, 5.74) is 5.37. The first-order valence-corrected chi connectivity index (χ1v) is 14.0. The molecule has 3 heterocycles. The van der Waals surface area contributed by atoms with Crippen molar-refractivity contribution in [1.29, 1.82) is 0 Å². The monoisotopic (exact) mass is 551 g/mol. The van der Waals surface area contributed by atoms with Crippen molar-refractivity contribution in [2.24, 2.45) is 9.98 Å². The number of hydrogen-bond donors (Lipinski definition) is 0. The van der Waals surface area contributed by atoms with Crippen LogP contribution in [-0.4, -0.2) is 23.9 Å². The molecule has 6 heteroatoms. The van der Waals surface area contributed by atoms with Crippen LogP contribution in [0, 0.1) is 0 Å². The highest BCUT2D eigenvalue weighted by Gasteiger charge is 2.37. The molecule has 2 aliphatic rings. The van der Waals surface area contributed by atoms with Crippen molar-refractivity contribution in [2.75, 3.05) is 7.11 Å². The van der Waals surface area contributed by atoms with Crippen LogP contribution in [0.4, 0.5) is 0 Å². The molecule has 5 aromatic rings. The summed E-state index contributed by atoms with van der Waals surface area (Å²) in [6.45, 7) is 0. The van der Waals surface area contributed by atoms with Crippen LogP contribution in [0.5, 0.6) is 5.75 Å². The van der Waals surface area contributed by atoms with Crippen molar-refractivity contribution in [2.45, 2.75) is 24.3 Å². The van der Waals surface area contributed by atoms with E-state index in [1.807, 2.05) is 84.9 Å². The Morgan fingerprint density at radius 3 is 1.21 bits per heavy atom. The Kier molecular flexibility index (Phi) is 6.94. The van der Waals surface area contributed by atoms with Gasteiger partial charge in [-0.05, 0) is 22.3 Å². The average Bonchev–Trinajstić information content (AvgIpc) is 3.73. The standard InChI is InChI=1S/C36H29N3O3/c1-40-28-22-29(35-38-31(24-14-6-2-7-15-24)33(41-35)26-18-10-4-11-19-26)37-30(23-28)36-39-32(25-16-8-3-9-17-25)34(42-36)27-20-12-5-13-21-27/h2-23,31-34H,1H3/t31-,32-,33+,34+/m1/s1. The highest BCUT2D eigenvalue weighted by atomic mass is 16.5. The first-order valence-electron chi connectivity index (χ1n) is 14.0. The summed E-state index contributed by atoms with van der Waals surface area (Å²) in [5.74, 6) is 1.53. The van der Waals surface area contributed by atoms with Gasteiger partial charge in [-0.15, -0.1) is 0 Å². The van der Waals surface area contributed by atoms with E-state index in [4.69, 9.17) is 29.2 Å². The molecule has 4 aromatic carbocycles. The molecule has 206 valence electrons. The normalized spacial score (nSPS) is 21.2. The smallest absolute Gasteiger partial charge is 0.236 e. The number of benzene rings is 4. The fourth-order valence-corrected chi connectivity index (χ4v) is 5.50. The summed E-state index contributed by atoms with van der Waals surface area (Å²) in [5, 5.41) is 0. The topological polar surface area (TPSA) is 65.3 Å². The molecule has 42 heavy (non-hydrogen) atoms. The molecule has 6 nitrogen and oxygen atoms in total. The number of hydrogen-bond acceptors (Lipinski definition) is 6. The van der Waals surface area contributed by atoms with Crippen molar-refractivity contribution in [3.63, 3.8) is 0 Å². The first kappa shape index (κ1) is 25.7. The lowest BCUT2D eigenvalue weighted by molar-refractivity contribution is 0.195. The van der Waals surface area contributed by atoms with Crippen molar-refractivity contribution in [3.8, 4) is 5.75 Å². The van der Waals surface area contributed by atoms with E-state index in [1.165, 1.54) is 0 Å². The molecule has 0 spiro atoms. The van der Waals surface area contributed by atoms with E-state index in [0.717, 1.165) is 22.3 Å². The minimum absolute atomic E-state index is 0.218. The molecule has 0 aliphatic carbocycles. The summed E-state index contributed by atoms with van der Waals surface area (Å²) < 4.78 is 18.8. The number of methoxy groups -OCH3 is 1. The zero-order valence-electron chi connectivity index (χ0n) is 23.1. The summed E-state index contributed by atoms with van der Waals surface area (Å²) in [6.07, 6.45) is -0.574. The number of aromatic nitrogens is 1. The Labute approximate surface area is 245 Å². The van der Waals surface area contributed by atoms with E-state index in [0.29, 0.717) is 28.9 Å². The molecular formula is C36H29N3O3. The van der Waals surface area contributed by atoms with Crippen molar-refractivity contribution in [1.82, 2.24) is 4.98 Å². The van der Waals surface area contributed by atoms with Gasteiger partial charge >= 0.3 is 0 Å². The fourth-order valence-electron chi connectivity index (χ4n) is 5.50. The van der Waals surface area contributed by atoms with Crippen LogP contribution in [0.25, 0.3) is 0 Å². The largest absolute Gasteiger partial charge is 0.497 e. The average molecular weight is 552 g/mol. The third-order valence-corrected chi connectivity index (χ3v) is 7.57. The summed E-state index contributed by atoms with van der Waals surface area (Å²) in [7, 11) is 1.64. The molecule has 0 saturated carbocycles. The van der Waals surface area contributed by atoms with Crippen molar-refractivity contribution >= 4 is 11.8 Å². The zero-order chi connectivity index (χ0) is 28.3. The lowest BCUT2D eigenvalue weighted by Gasteiger charge is -2.19. The van der Waals surface area contributed by atoms with Crippen LogP contribution in [0.1, 0.15) is 57.9 Å². The van der Waals surface area contributed by atoms with Crippen LogP contribution in [0.15, 0.2) is 143 Å². The van der Waals surface area contributed by atoms with Gasteiger partial charge in [-0.2, -0.15) is 0 Å². The minimum atomic E-state index is -0.287. The molecular weight excluding hydrogens is 522 g/mol. The fraction of sp³-hybridized carbons (Fsp3) is 0.139. The zero-order valence-corrected chi connectivity index (χ0v) is 23.1. The van der Waals surface area contributed by atoms with E-state index in [2.05, 4.69) is 48.5 Å². The van der Waals surface area contributed by atoms with Crippen LogP contribution < -0.4 is 4.74 Å². The molecule has 0 fully saturated rings. The van der Waals surface area contributed by atoms with Gasteiger partial charge < -0.3 is 14.2 Å². The number of aliphatic imine (C=N–C) groups is 2. The second-order valence-electron chi connectivity index (χ2n) is 10.3. The first-order chi connectivity index (χ1) is 20.8. The molecule has 0 amide bonds. The molecule has 0 radical (unpaired) electrons. The Balaban J connectivity index is 1.28. The molecule has 0 bridgehead atoms. The van der Waals surface area contributed by atoms with Crippen LogP contribution >= 0.6 is 0 Å². The van der Waals surface area contributed by atoms with Gasteiger partial charge in [0, 0.05) is 12.1 Å². The van der Waals surface area contributed by atoms with E-state index >= 15 is 0 Å². The maximum Gasteiger partial charge on any atom is 0.236 e. The molecule has 1 aromatic heterocycles. The highest BCUT2D eigenvalue weighted by Crippen LogP contribution is 2.43. The highest BCUT2D eigenvalue weighted by molar-refractivity contribution is 5.98. The van der Waals surface area contributed by atoms with Gasteiger partial charge in [0.25, 0.3) is 0 Å². The van der Waals surface area contributed by atoms with Gasteiger partial charge in [0.2, 0.25) is 11.8 Å². The van der Waals surface area contributed by atoms with Crippen molar-refractivity contribution in [3.05, 3.63) is 167 Å². The molecule has 7 rings (SSSR count). The van der Waals surface area contributed by atoms with Crippen molar-refractivity contribution < 1.29 is 14.2 Å². The van der Waals surface area contributed by atoms with Gasteiger partial charge in [-0.1, -0.05) is 121 Å². The van der Waals surface area contributed by atoms with Gasteiger partial charge in [0.05, 0.1) is 7.11 Å². The maximum absolute atomic E-state index is 6.55. The van der Waals surface area contributed by atoms with Crippen LogP contribution in [0.3, 0.4) is 0 Å². The number of pyridine rings is 1. The van der Waals surface area contributed by atoms with E-state index in [9.17, 15) is 0 Å². The lowest BCUT2D eigenvalue weighted by Crippen LogP contribution is -2.13. The van der Waals surface area contributed by atoms with Gasteiger partial charge in [0.15, 0.2) is 12.2 Å². The Morgan fingerprint density at radius 1 is 0.500 bits per heavy atom. The van der Waals surface area contributed by atoms with E-state index in [1.54, 1.807) is 7.11 Å². The summed E-state index contributed by atoms with van der Waals surface area (Å²) in [6, 6.07) is 44.0. The SMILES string of the molecule is COc1cc(C2=N[C@H](c3ccccc3)[C@H](c3ccccc3)O2)nc(C2=N[C@H](c3ccccc3)[C@H](c3ccccc3)O2)c1. The molecule has 4 atom stereocenters. The Hall–Kier alpha value is -5.23. The minimum Gasteiger partial charge on any atom is -0.497 e. The maximum atomic E-state index is 6.55. The summed E-state index contributed by atoms with van der Waals surface area (Å²) >= 11 is 0. The second kappa shape index (κ2) is 11.3. The van der Waals surface area contributed by atoms with Gasteiger partial charge in [-0.25, -0.2) is 15.0 Å². The molecule has 0 unspecified atom stereocenters. The quantitative estimate of drug-likeness (QED) is 0.209. The van der Waals surface area contributed by atoms with Gasteiger partial charge in [-0.3, -0.25) is 0 Å². The molecule has 2 aliphatic heterocycles. The van der Waals surface area contributed by atoms with E-state index in [-0.39, 0.29) is 24.3 Å². The van der Waals surface area contributed by atoms with Crippen LogP contribution in [-0.2, 0) is 9.47 Å². The predicted molar refractivity (Wildman–Crippen MR) is 163 cm³/mol. The Morgan fingerprint density at radius 2 is 0.857 bits per heavy atom.